The highest BCUT2D eigenvalue weighted by molar-refractivity contribution is 6.40. The van der Waals surface area contributed by atoms with Crippen LogP contribution in [0.3, 0.4) is 0 Å². The van der Waals surface area contributed by atoms with E-state index in [1.54, 1.807) is 0 Å². The van der Waals surface area contributed by atoms with Crippen LogP contribution in [0.15, 0.2) is 12.3 Å². The first kappa shape index (κ1) is 10.3. The molecule has 1 aromatic heterocycles. The van der Waals surface area contributed by atoms with Crippen molar-refractivity contribution < 1.29 is 10.0 Å². The van der Waals surface area contributed by atoms with Crippen LogP contribution in [0.4, 0.5) is 0 Å². The lowest BCUT2D eigenvalue weighted by molar-refractivity contribution is 0.403. The van der Waals surface area contributed by atoms with Crippen molar-refractivity contribution >= 4 is 7.12 Å². The molecule has 2 N–H and O–H groups in total. The molecule has 0 radical (unpaired) electrons. The van der Waals surface area contributed by atoms with Gasteiger partial charge in [0.25, 0.3) is 0 Å². The molecular weight excluding hydrogens is 167 g/mol. The van der Waals surface area contributed by atoms with Gasteiger partial charge in [0.15, 0.2) is 0 Å². The molecular formula is C8H15BN2O2. The second kappa shape index (κ2) is 4.44. The maximum Gasteiger partial charge on any atom is 0.457 e. The fourth-order valence-corrected chi connectivity index (χ4v) is 1.11. The van der Waals surface area contributed by atoms with E-state index < -0.39 is 7.12 Å². The van der Waals surface area contributed by atoms with E-state index in [2.05, 4.69) is 18.9 Å². The molecule has 0 bridgehead atoms. The fraction of sp³-hybridized carbons (Fsp3) is 0.625. The van der Waals surface area contributed by atoms with Crippen molar-refractivity contribution in [3.8, 4) is 0 Å². The summed E-state index contributed by atoms with van der Waals surface area (Å²) < 4.78 is 1.84. The Labute approximate surface area is 78.3 Å². The normalized spacial score (nSPS) is 12.9. The summed E-state index contributed by atoms with van der Waals surface area (Å²) in [5.74, 6) is 0. The zero-order valence-electron chi connectivity index (χ0n) is 8.01. The highest BCUT2D eigenvalue weighted by atomic mass is 16.4. The van der Waals surface area contributed by atoms with Crippen LogP contribution in [-0.2, 0) is 6.32 Å². The molecule has 13 heavy (non-hydrogen) atoms. The average molecular weight is 182 g/mol. The fourth-order valence-electron chi connectivity index (χ4n) is 1.11. The standard InChI is InChI=1S/C8H15BN2O2/c1-3-7(2)11-5-4-8(10-11)6-9(12)13/h4-5,7,12-13H,3,6H2,1-2H3. The predicted molar refractivity (Wildman–Crippen MR) is 51.1 cm³/mol. The van der Waals surface area contributed by atoms with Crippen molar-refractivity contribution in [1.82, 2.24) is 9.78 Å². The van der Waals surface area contributed by atoms with Gasteiger partial charge in [0.2, 0.25) is 0 Å². The maximum atomic E-state index is 8.72. The molecule has 0 aromatic carbocycles. The molecule has 5 heteroatoms. The van der Waals surface area contributed by atoms with Crippen molar-refractivity contribution in [2.45, 2.75) is 32.6 Å². The minimum absolute atomic E-state index is 0.198. The van der Waals surface area contributed by atoms with E-state index in [0.29, 0.717) is 6.04 Å². The Balaban J connectivity index is 2.63. The smallest absolute Gasteiger partial charge is 0.427 e. The van der Waals surface area contributed by atoms with Crippen molar-refractivity contribution in [2.75, 3.05) is 0 Å². The van der Waals surface area contributed by atoms with Gasteiger partial charge in [-0.15, -0.1) is 0 Å². The van der Waals surface area contributed by atoms with E-state index in [4.69, 9.17) is 10.0 Å². The first-order valence-electron chi connectivity index (χ1n) is 4.53. The van der Waals surface area contributed by atoms with Gasteiger partial charge in [-0.25, -0.2) is 0 Å². The van der Waals surface area contributed by atoms with E-state index in [9.17, 15) is 0 Å². The third-order valence-electron chi connectivity index (χ3n) is 2.10. The molecule has 0 fully saturated rings. The summed E-state index contributed by atoms with van der Waals surface area (Å²) in [5.41, 5.74) is 0.718. The third kappa shape index (κ3) is 2.86. The molecule has 0 saturated carbocycles. The Kier molecular flexibility index (Phi) is 3.51. The largest absolute Gasteiger partial charge is 0.457 e. The Hall–Kier alpha value is -0.805. The van der Waals surface area contributed by atoms with Gasteiger partial charge >= 0.3 is 7.12 Å². The number of nitrogens with zero attached hydrogens (tertiary/aromatic N) is 2. The van der Waals surface area contributed by atoms with Crippen LogP contribution in [0.2, 0.25) is 0 Å². The summed E-state index contributed by atoms with van der Waals surface area (Å²) in [6.07, 6.45) is 3.08. The zero-order chi connectivity index (χ0) is 9.84. The zero-order valence-corrected chi connectivity index (χ0v) is 8.01. The quantitative estimate of drug-likeness (QED) is 0.663. The Morgan fingerprint density at radius 3 is 2.85 bits per heavy atom. The maximum absolute atomic E-state index is 8.72. The molecule has 0 aliphatic carbocycles. The summed E-state index contributed by atoms with van der Waals surface area (Å²) in [6.45, 7) is 4.17. The second-order valence-corrected chi connectivity index (χ2v) is 3.23. The molecule has 0 amide bonds. The number of aromatic nitrogens is 2. The van der Waals surface area contributed by atoms with Crippen molar-refractivity contribution in [3.63, 3.8) is 0 Å². The lowest BCUT2D eigenvalue weighted by Gasteiger charge is -2.07. The van der Waals surface area contributed by atoms with Gasteiger partial charge in [-0.05, 0) is 19.4 Å². The van der Waals surface area contributed by atoms with Gasteiger partial charge in [0, 0.05) is 18.6 Å². The molecule has 4 nitrogen and oxygen atoms in total. The van der Waals surface area contributed by atoms with E-state index in [1.165, 1.54) is 0 Å². The third-order valence-corrected chi connectivity index (χ3v) is 2.10. The highest BCUT2D eigenvalue weighted by Gasteiger charge is 2.11. The Morgan fingerprint density at radius 2 is 2.31 bits per heavy atom. The van der Waals surface area contributed by atoms with Crippen LogP contribution in [0.25, 0.3) is 0 Å². The monoisotopic (exact) mass is 182 g/mol. The molecule has 1 heterocycles. The van der Waals surface area contributed by atoms with Crippen LogP contribution >= 0.6 is 0 Å². The molecule has 0 aliphatic heterocycles. The second-order valence-electron chi connectivity index (χ2n) is 3.23. The first-order valence-corrected chi connectivity index (χ1v) is 4.53. The van der Waals surface area contributed by atoms with Gasteiger partial charge in [0.05, 0.1) is 5.69 Å². The summed E-state index contributed by atoms with van der Waals surface area (Å²) in [4.78, 5) is 0. The molecule has 0 aliphatic rings. The molecule has 0 spiro atoms. The Morgan fingerprint density at radius 1 is 1.62 bits per heavy atom. The predicted octanol–water partition coefficient (Wildman–Crippen LogP) is 0.409. The Bertz CT molecular complexity index is 262. The van der Waals surface area contributed by atoms with E-state index in [0.717, 1.165) is 12.1 Å². The molecule has 72 valence electrons. The topological polar surface area (TPSA) is 58.3 Å². The van der Waals surface area contributed by atoms with Crippen LogP contribution in [0, 0.1) is 0 Å². The van der Waals surface area contributed by atoms with E-state index in [1.807, 2.05) is 16.9 Å². The van der Waals surface area contributed by atoms with Crippen molar-refractivity contribution in [2.24, 2.45) is 0 Å². The molecule has 1 aromatic rings. The van der Waals surface area contributed by atoms with Crippen molar-refractivity contribution in [1.29, 1.82) is 0 Å². The van der Waals surface area contributed by atoms with Crippen LogP contribution in [0.1, 0.15) is 32.0 Å². The average Bonchev–Trinajstić information content (AvgIpc) is 2.50. The number of hydrogen-bond donors (Lipinski definition) is 2. The van der Waals surface area contributed by atoms with Crippen LogP contribution < -0.4 is 0 Å². The van der Waals surface area contributed by atoms with E-state index >= 15 is 0 Å². The van der Waals surface area contributed by atoms with Gasteiger partial charge in [-0.1, -0.05) is 6.92 Å². The minimum Gasteiger partial charge on any atom is -0.427 e. The van der Waals surface area contributed by atoms with Crippen LogP contribution in [-0.4, -0.2) is 26.9 Å². The van der Waals surface area contributed by atoms with Crippen molar-refractivity contribution in [3.05, 3.63) is 18.0 Å². The van der Waals surface area contributed by atoms with Gasteiger partial charge in [0.1, 0.15) is 0 Å². The molecule has 1 unspecified atom stereocenters. The van der Waals surface area contributed by atoms with Gasteiger partial charge in [-0.2, -0.15) is 5.10 Å². The van der Waals surface area contributed by atoms with Gasteiger partial charge < -0.3 is 10.0 Å². The summed E-state index contributed by atoms with van der Waals surface area (Å²) >= 11 is 0. The van der Waals surface area contributed by atoms with E-state index in [-0.39, 0.29) is 6.32 Å². The van der Waals surface area contributed by atoms with Crippen LogP contribution in [0.5, 0.6) is 0 Å². The molecule has 0 saturated heterocycles. The van der Waals surface area contributed by atoms with Gasteiger partial charge in [-0.3, -0.25) is 4.68 Å². The summed E-state index contributed by atoms with van der Waals surface area (Å²) in [5, 5.41) is 21.7. The first-order chi connectivity index (χ1) is 6.13. The number of rotatable bonds is 4. The SMILES string of the molecule is CCC(C)n1ccc(CB(O)O)n1. The lowest BCUT2D eigenvalue weighted by Crippen LogP contribution is -2.16. The number of hydrogen-bond acceptors (Lipinski definition) is 3. The molecule has 1 rings (SSSR count). The summed E-state index contributed by atoms with van der Waals surface area (Å²) in [7, 11) is -1.31. The molecule has 1 atom stereocenters. The summed E-state index contributed by atoms with van der Waals surface area (Å²) in [6, 6.07) is 2.18. The highest BCUT2D eigenvalue weighted by Crippen LogP contribution is 2.09. The lowest BCUT2D eigenvalue weighted by atomic mass is 9.85. The minimum atomic E-state index is -1.31.